The highest BCUT2D eigenvalue weighted by molar-refractivity contribution is 5.96. The first kappa shape index (κ1) is 13.8. The Labute approximate surface area is 111 Å². The third kappa shape index (κ3) is 3.24. The maximum absolute atomic E-state index is 12.0. The molecule has 0 bridgehead atoms. The summed E-state index contributed by atoms with van der Waals surface area (Å²) in [6, 6.07) is 0. The van der Waals surface area contributed by atoms with Crippen molar-refractivity contribution in [3.63, 3.8) is 0 Å². The molecule has 1 aromatic heterocycles. The number of nitrogens with zero attached hydrogens (tertiary/aromatic N) is 2. The third-order valence-corrected chi connectivity index (χ3v) is 3.23. The summed E-state index contributed by atoms with van der Waals surface area (Å²) in [7, 11) is 3.18. The van der Waals surface area contributed by atoms with Crippen molar-refractivity contribution in [3.05, 3.63) is 11.8 Å². The molecular formula is C12H19N3O4. The second-order valence-electron chi connectivity index (χ2n) is 4.75. The van der Waals surface area contributed by atoms with Crippen LogP contribution in [0.15, 0.2) is 6.20 Å². The molecule has 1 saturated heterocycles. The average Bonchev–Trinajstić information content (AvgIpc) is 2.78. The first-order valence-electron chi connectivity index (χ1n) is 6.20. The van der Waals surface area contributed by atoms with E-state index in [1.54, 1.807) is 13.2 Å². The summed E-state index contributed by atoms with van der Waals surface area (Å²) in [5.41, 5.74) is -0.524. The lowest BCUT2D eigenvalue weighted by atomic mass is 9.94. The monoisotopic (exact) mass is 269 g/mol. The van der Waals surface area contributed by atoms with Crippen molar-refractivity contribution in [1.82, 2.24) is 15.1 Å². The molecule has 1 aliphatic rings. The number of ether oxygens (including phenoxy) is 2. The fourth-order valence-corrected chi connectivity index (χ4v) is 2.04. The Morgan fingerprint density at radius 3 is 2.95 bits per heavy atom. The van der Waals surface area contributed by atoms with Crippen molar-refractivity contribution < 1.29 is 19.4 Å². The maximum atomic E-state index is 12.0. The summed E-state index contributed by atoms with van der Waals surface area (Å²) in [6.45, 7) is 1.23. The van der Waals surface area contributed by atoms with Crippen LogP contribution in [0.25, 0.3) is 0 Å². The second kappa shape index (κ2) is 5.58. The highest BCUT2D eigenvalue weighted by Crippen LogP contribution is 2.20. The van der Waals surface area contributed by atoms with E-state index < -0.39 is 5.60 Å². The van der Waals surface area contributed by atoms with Crippen molar-refractivity contribution >= 4 is 5.91 Å². The topological polar surface area (TPSA) is 85.6 Å². The molecule has 0 unspecified atom stereocenters. The molecule has 106 valence electrons. The van der Waals surface area contributed by atoms with E-state index in [9.17, 15) is 9.90 Å². The van der Waals surface area contributed by atoms with Crippen LogP contribution in [-0.2, 0) is 11.8 Å². The number of hydrogen-bond donors (Lipinski definition) is 2. The van der Waals surface area contributed by atoms with E-state index in [1.807, 2.05) is 0 Å². The van der Waals surface area contributed by atoms with E-state index in [4.69, 9.17) is 9.47 Å². The van der Waals surface area contributed by atoms with Gasteiger partial charge in [0, 0.05) is 45.8 Å². The number of methoxy groups -OCH3 is 1. The van der Waals surface area contributed by atoms with E-state index in [0.717, 1.165) is 0 Å². The third-order valence-electron chi connectivity index (χ3n) is 3.23. The minimum atomic E-state index is -0.886. The molecule has 7 nitrogen and oxygen atoms in total. The van der Waals surface area contributed by atoms with Gasteiger partial charge in [-0.1, -0.05) is 0 Å². The summed E-state index contributed by atoms with van der Waals surface area (Å²) in [5, 5.41) is 17.0. The number of rotatable bonds is 4. The van der Waals surface area contributed by atoms with Gasteiger partial charge in [-0.3, -0.25) is 9.48 Å². The van der Waals surface area contributed by atoms with Gasteiger partial charge in [0.15, 0.2) is 0 Å². The molecule has 1 fully saturated rings. The highest BCUT2D eigenvalue weighted by Gasteiger charge is 2.30. The van der Waals surface area contributed by atoms with Gasteiger partial charge >= 0.3 is 0 Å². The molecule has 0 radical (unpaired) electrons. The van der Waals surface area contributed by atoms with Gasteiger partial charge in [-0.2, -0.15) is 0 Å². The molecular weight excluding hydrogens is 250 g/mol. The predicted octanol–water partition coefficient (Wildman–Crippen LogP) is -0.300. The molecule has 0 spiro atoms. The van der Waals surface area contributed by atoms with Crippen LogP contribution in [0, 0.1) is 0 Å². The first-order chi connectivity index (χ1) is 9.04. The SMILES string of the molecule is COc1nn(C)cc1C(=O)NCC1(O)CCOCC1. The summed E-state index contributed by atoms with van der Waals surface area (Å²) in [4.78, 5) is 12.0. The zero-order chi connectivity index (χ0) is 13.9. The van der Waals surface area contributed by atoms with Crippen LogP contribution in [0.4, 0.5) is 0 Å². The van der Waals surface area contributed by atoms with Crippen LogP contribution in [0.2, 0.25) is 0 Å². The van der Waals surface area contributed by atoms with Crippen LogP contribution >= 0.6 is 0 Å². The molecule has 1 amide bonds. The number of hydrogen-bond acceptors (Lipinski definition) is 5. The quantitative estimate of drug-likeness (QED) is 0.784. The Bertz CT molecular complexity index is 452. The minimum Gasteiger partial charge on any atom is -0.479 e. The lowest BCUT2D eigenvalue weighted by Crippen LogP contribution is -2.46. The second-order valence-corrected chi connectivity index (χ2v) is 4.75. The van der Waals surface area contributed by atoms with E-state index >= 15 is 0 Å². The normalized spacial score (nSPS) is 18.1. The number of aryl methyl sites for hydroxylation is 1. The fraction of sp³-hybridized carbons (Fsp3) is 0.667. The molecule has 0 aliphatic carbocycles. The van der Waals surface area contributed by atoms with Gasteiger partial charge in [0.05, 0.1) is 12.7 Å². The summed E-state index contributed by atoms with van der Waals surface area (Å²) < 4.78 is 11.7. The number of amides is 1. The standard InChI is InChI=1S/C12H19N3O4/c1-15-7-9(11(14-15)18-2)10(16)13-8-12(17)3-5-19-6-4-12/h7,17H,3-6,8H2,1-2H3,(H,13,16). The van der Waals surface area contributed by atoms with Crippen molar-refractivity contribution in [3.8, 4) is 5.88 Å². The van der Waals surface area contributed by atoms with Crippen LogP contribution in [0.1, 0.15) is 23.2 Å². The van der Waals surface area contributed by atoms with Gasteiger partial charge in [0.25, 0.3) is 5.91 Å². The number of carbonyl (C=O) groups is 1. The van der Waals surface area contributed by atoms with Crippen molar-refractivity contribution in [2.45, 2.75) is 18.4 Å². The molecule has 19 heavy (non-hydrogen) atoms. The number of nitrogens with one attached hydrogen (secondary N) is 1. The Morgan fingerprint density at radius 2 is 2.32 bits per heavy atom. The number of carbonyl (C=O) groups excluding carboxylic acids is 1. The van der Waals surface area contributed by atoms with Crippen LogP contribution in [-0.4, -0.2) is 53.3 Å². The smallest absolute Gasteiger partial charge is 0.258 e. The number of aromatic nitrogens is 2. The van der Waals surface area contributed by atoms with Gasteiger partial charge in [0.2, 0.25) is 5.88 Å². The molecule has 0 aromatic carbocycles. The van der Waals surface area contributed by atoms with E-state index in [-0.39, 0.29) is 18.3 Å². The Kier molecular flexibility index (Phi) is 4.06. The van der Waals surface area contributed by atoms with Gasteiger partial charge in [0.1, 0.15) is 5.56 Å². The van der Waals surface area contributed by atoms with Crippen LogP contribution < -0.4 is 10.1 Å². The lowest BCUT2D eigenvalue weighted by molar-refractivity contribution is -0.0605. The molecule has 2 N–H and O–H groups in total. The molecule has 7 heteroatoms. The van der Waals surface area contributed by atoms with Crippen molar-refractivity contribution in [1.29, 1.82) is 0 Å². The van der Waals surface area contributed by atoms with Gasteiger partial charge in [-0.15, -0.1) is 5.10 Å². The molecule has 2 rings (SSSR count). The molecule has 0 atom stereocenters. The van der Waals surface area contributed by atoms with Crippen molar-refractivity contribution in [2.75, 3.05) is 26.9 Å². The predicted molar refractivity (Wildman–Crippen MR) is 67.1 cm³/mol. The molecule has 0 saturated carbocycles. The van der Waals surface area contributed by atoms with E-state index in [0.29, 0.717) is 31.6 Å². The van der Waals surface area contributed by atoms with Crippen molar-refractivity contribution in [2.24, 2.45) is 7.05 Å². The van der Waals surface area contributed by atoms with Gasteiger partial charge < -0.3 is 19.9 Å². The van der Waals surface area contributed by atoms with E-state index in [1.165, 1.54) is 11.8 Å². The van der Waals surface area contributed by atoms with Gasteiger partial charge in [-0.25, -0.2) is 0 Å². The molecule has 1 aliphatic heterocycles. The first-order valence-corrected chi connectivity index (χ1v) is 6.20. The fourth-order valence-electron chi connectivity index (χ4n) is 2.04. The zero-order valence-corrected chi connectivity index (χ0v) is 11.2. The average molecular weight is 269 g/mol. The number of aliphatic hydroxyl groups is 1. The molecule has 1 aromatic rings. The van der Waals surface area contributed by atoms with Crippen LogP contribution in [0.5, 0.6) is 5.88 Å². The Morgan fingerprint density at radius 1 is 1.63 bits per heavy atom. The Hall–Kier alpha value is -1.60. The summed E-state index contributed by atoms with van der Waals surface area (Å²) in [5.74, 6) is -0.0242. The largest absolute Gasteiger partial charge is 0.479 e. The maximum Gasteiger partial charge on any atom is 0.258 e. The molecule has 2 heterocycles. The lowest BCUT2D eigenvalue weighted by Gasteiger charge is -2.31. The summed E-state index contributed by atoms with van der Waals surface area (Å²) >= 11 is 0. The highest BCUT2D eigenvalue weighted by atomic mass is 16.5. The van der Waals surface area contributed by atoms with Crippen LogP contribution in [0.3, 0.4) is 0 Å². The van der Waals surface area contributed by atoms with Gasteiger partial charge in [-0.05, 0) is 0 Å². The zero-order valence-electron chi connectivity index (χ0n) is 11.2. The van der Waals surface area contributed by atoms with E-state index in [2.05, 4.69) is 10.4 Å². The summed E-state index contributed by atoms with van der Waals surface area (Å²) in [6.07, 6.45) is 2.64. The minimum absolute atomic E-state index is 0.202. The Balaban J connectivity index is 1.97.